The minimum absolute atomic E-state index is 0.112. The van der Waals surface area contributed by atoms with Gasteiger partial charge in [-0.2, -0.15) is 0 Å². The van der Waals surface area contributed by atoms with Crippen molar-refractivity contribution in [2.75, 3.05) is 0 Å². The molecule has 0 bridgehead atoms. The molecule has 0 saturated carbocycles. The molecule has 7 heteroatoms. The molecule has 2 heterocycles. The van der Waals surface area contributed by atoms with Gasteiger partial charge >= 0.3 is 0 Å². The molecule has 0 saturated heterocycles. The van der Waals surface area contributed by atoms with Gasteiger partial charge < -0.3 is 8.98 Å². The fraction of sp³-hybridized carbons (Fsp3) is 0.125. The van der Waals surface area contributed by atoms with Crippen LogP contribution in [0.3, 0.4) is 0 Å². The summed E-state index contributed by atoms with van der Waals surface area (Å²) < 4.78 is 6.46. The molecule has 0 aliphatic rings. The van der Waals surface area contributed by atoms with Gasteiger partial charge in [-0.1, -0.05) is 18.2 Å². The summed E-state index contributed by atoms with van der Waals surface area (Å²) in [6.07, 6.45) is 1.08. The SMILES string of the molecule is Cc1cc(=O)n(CC(=O)c2cc3ccccc3o2)cc1[N+](=O)[O-]. The number of carbonyl (C=O) groups is 1. The first-order valence-corrected chi connectivity index (χ1v) is 6.83. The van der Waals surface area contributed by atoms with E-state index in [9.17, 15) is 19.7 Å². The van der Waals surface area contributed by atoms with Gasteiger partial charge in [0.15, 0.2) is 5.76 Å². The third-order valence-electron chi connectivity index (χ3n) is 3.52. The number of nitro groups is 1. The highest BCUT2D eigenvalue weighted by Crippen LogP contribution is 2.20. The van der Waals surface area contributed by atoms with Crippen molar-refractivity contribution >= 4 is 22.4 Å². The van der Waals surface area contributed by atoms with E-state index in [0.717, 1.165) is 22.2 Å². The van der Waals surface area contributed by atoms with Crippen molar-refractivity contribution in [3.63, 3.8) is 0 Å². The van der Waals surface area contributed by atoms with Gasteiger partial charge in [0.1, 0.15) is 5.58 Å². The van der Waals surface area contributed by atoms with Crippen LogP contribution < -0.4 is 5.56 Å². The van der Waals surface area contributed by atoms with Crippen molar-refractivity contribution in [3.05, 3.63) is 74.4 Å². The molecule has 116 valence electrons. The number of benzene rings is 1. The number of aromatic nitrogens is 1. The summed E-state index contributed by atoms with van der Waals surface area (Å²) in [7, 11) is 0. The Hall–Kier alpha value is -3.22. The van der Waals surface area contributed by atoms with Gasteiger partial charge in [0.25, 0.3) is 11.2 Å². The molecule has 1 aromatic carbocycles. The summed E-state index contributed by atoms with van der Waals surface area (Å²) in [4.78, 5) is 34.5. The normalized spacial score (nSPS) is 10.8. The van der Waals surface area contributed by atoms with Crippen molar-refractivity contribution in [2.24, 2.45) is 0 Å². The Morgan fingerprint density at radius 1 is 1.30 bits per heavy atom. The van der Waals surface area contributed by atoms with E-state index in [0.29, 0.717) is 5.58 Å². The summed E-state index contributed by atoms with van der Waals surface area (Å²) in [5, 5.41) is 11.7. The number of Topliss-reactive ketones (excluding diaryl/α,β-unsaturated/α-hetero) is 1. The van der Waals surface area contributed by atoms with Crippen LogP contribution in [0.2, 0.25) is 0 Å². The lowest BCUT2D eigenvalue weighted by molar-refractivity contribution is -0.385. The van der Waals surface area contributed by atoms with Gasteiger partial charge in [0.05, 0.1) is 17.7 Å². The summed E-state index contributed by atoms with van der Waals surface area (Å²) >= 11 is 0. The smallest absolute Gasteiger partial charge is 0.288 e. The van der Waals surface area contributed by atoms with Crippen molar-refractivity contribution in [3.8, 4) is 0 Å². The molecule has 0 fully saturated rings. The number of furan rings is 1. The van der Waals surface area contributed by atoms with Crippen LogP contribution in [0, 0.1) is 17.0 Å². The van der Waals surface area contributed by atoms with E-state index in [1.54, 1.807) is 24.3 Å². The number of nitrogens with zero attached hydrogens (tertiary/aromatic N) is 2. The van der Waals surface area contributed by atoms with Crippen molar-refractivity contribution in [1.29, 1.82) is 0 Å². The molecule has 23 heavy (non-hydrogen) atoms. The monoisotopic (exact) mass is 312 g/mol. The number of fused-ring (bicyclic) bond motifs is 1. The Morgan fingerprint density at radius 3 is 2.74 bits per heavy atom. The Labute approximate surface area is 129 Å². The first-order valence-electron chi connectivity index (χ1n) is 6.83. The molecule has 0 radical (unpaired) electrons. The van der Waals surface area contributed by atoms with Crippen molar-refractivity contribution < 1.29 is 14.1 Å². The quantitative estimate of drug-likeness (QED) is 0.419. The number of para-hydroxylation sites is 1. The third kappa shape index (κ3) is 2.76. The minimum Gasteiger partial charge on any atom is -0.453 e. The van der Waals surface area contributed by atoms with E-state index in [1.807, 2.05) is 6.07 Å². The maximum absolute atomic E-state index is 12.3. The van der Waals surface area contributed by atoms with Crippen LogP contribution >= 0.6 is 0 Å². The molecule has 0 aliphatic heterocycles. The van der Waals surface area contributed by atoms with E-state index >= 15 is 0 Å². The molecule has 0 spiro atoms. The van der Waals surface area contributed by atoms with Crippen LogP contribution in [0.1, 0.15) is 16.1 Å². The molecule has 0 aliphatic carbocycles. The number of hydrogen-bond donors (Lipinski definition) is 0. The molecule has 0 amide bonds. The van der Waals surface area contributed by atoms with Crippen LogP contribution in [0.25, 0.3) is 11.0 Å². The third-order valence-corrected chi connectivity index (χ3v) is 3.52. The van der Waals surface area contributed by atoms with E-state index < -0.39 is 16.3 Å². The van der Waals surface area contributed by atoms with Gasteiger partial charge in [-0.3, -0.25) is 19.7 Å². The second-order valence-electron chi connectivity index (χ2n) is 5.14. The molecule has 0 atom stereocenters. The molecular weight excluding hydrogens is 300 g/mol. The zero-order chi connectivity index (χ0) is 16.6. The molecule has 3 rings (SSSR count). The van der Waals surface area contributed by atoms with Crippen molar-refractivity contribution in [2.45, 2.75) is 13.5 Å². The second kappa shape index (κ2) is 5.53. The van der Waals surface area contributed by atoms with Crippen LogP contribution in [0.4, 0.5) is 5.69 Å². The highest BCUT2D eigenvalue weighted by molar-refractivity contribution is 5.97. The lowest BCUT2D eigenvalue weighted by Gasteiger charge is -2.04. The Morgan fingerprint density at radius 2 is 2.04 bits per heavy atom. The largest absolute Gasteiger partial charge is 0.453 e. The Bertz CT molecular complexity index is 951. The minimum atomic E-state index is -0.586. The van der Waals surface area contributed by atoms with E-state index in [-0.39, 0.29) is 23.6 Å². The fourth-order valence-electron chi connectivity index (χ4n) is 2.32. The predicted octanol–water partition coefficient (Wildman–Crippen LogP) is 2.69. The number of rotatable bonds is 4. The number of pyridine rings is 1. The van der Waals surface area contributed by atoms with Gasteiger partial charge in [-0.15, -0.1) is 0 Å². The molecule has 0 unspecified atom stereocenters. The number of aryl methyl sites for hydroxylation is 1. The average molecular weight is 312 g/mol. The predicted molar refractivity (Wildman–Crippen MR) is 82.6 cm³/mol. The highest BCUT2D eigenvalue weighted by Gasteiger charge is 2.17. The summed E-state index contributed by atoms with van der Waals surface area (Å²) in [6, 6.07) is 9.87. The summed E-state index contributed by atoms with van der Waals surface area (Å²) in [5.41, 5.74) is 0.144. The van der Waals surface area contributed by atoms with Crippen LogP contribution in [-0.4, -0.2) is 15.3 Å². The second-order valence-corrected chi connectivity index (χ2v) is 5.14. The Kier molecular flexibility index (Phi) is 3.53. The van der Waals surface area contributed by atoms with Crippen LogP contribution in [0.15, 0.2) is 51.8 Å². The summed E-state index contributed by atoms with van der Waals surface area (Å²) in [5.74, 6) is -0.317. The number of hydrogen-bond acceptors (Lipinski definition) is 5. The van der Waals surface area contributed by atoms with Gasteiger partial charge in [-0.25, -0.2) is 0 Å². The first kappa shape index (κ1) is 14.7. The summed E-state index contributed by atoms with van der Waals surface area (Å²) in [6.45, 7) is 1.16. The zero-order valence-electron chi connectivity index (χ0n) is 12.2. The standard InChI is InChI=1S/C16H12N2O5/c1-10-6-16(20)17(8-12(10)18(21)22)9-13(19)15-7-11-4-2-3-5-14(11)23-15/h2-8H,9H2,1H3. The lowest BCUT2D eigenvalue weighted by atomic mass is 10.2. The molecular formula is C16H12N2O5. The van der Waals surface area contributed by atoms with E-state index in [4.69, 9.17) is 4.42 Å². The fourth-order valence-corrected chi connectivity index (χ4v) is 2.32. The zero-order valence-corrected chi connectivity index (χ0v) is 12.2. The topological polar surface area (TPSA) is 95.3 Å². The number of ketones is 1. The van der Waals surface area contributed by atoms with Crippen LogP contribution in [0.5, 0.6) is 0 Å². The van der Waals surface area contributed by atoms with Gasteiger partial charge in [0, 0.05) is 17.0 Å². The van der Waals surface area contributed by atoms with Gasteiger partial charge in [-0.05, 0) is 19.1 Å². The highest BCUT2D eigenvalue weighted by atomic mass is 16.6. The molecule has 0 N–H and O–H groups in total. The first-order chi connectivity index (χ1) is 11.0. The molecule has 2 aromatic heterocycles. The van der Waals surface area contributed by atoms with E-state index in [2.05, 4.69) is 0 Å². The maximum Gasteiger partial charge on any atom is 0.288 e. The maximum atomic E-state index is 12.3. The Balaban J connectivity index is 1.95. The molecule has 3 aromatic rings. The average Bonchev–Trinajstić information content (AvgIpc) is 2.93. The van der Waals surface area contributed by atoms with Crippen LogP contribution in [-0.2, 0) is 6.54 Å². The van der Waals surface area contributed by atoms with Crippen molar-refractivity contribution in [1.82, 2.24) is 4.57 Å². The number of carbonyl (C=O) groups excluding carboxylic acids is 1. The van der Waals surface area contributed by atoms with Gasteiger partial charge in [0.2, 0.25) is 5.78 Å². The molecule has 7 nitrogen and oxygen atoms in total. The van der Waals surface area contributed by atoms with E-state index in [1.165, 1.54) is 6.92 Å². The lowest BCUT2D eigenvalue weighted by Crippen LogP contribution is -2.24.